The molecule has 8 aromatic carbocycles. The Morgan fingerprint density at radius 2 is 0.914 bits per heavy atom. The predicted octanol–water partition coefficient (Wildman–Crippen LogP) is 17.0. The molecule has 0 bridgehead atoms. The Kier molecular flexibility index (Phi) is 7.10. The van der Waals surface area contributed by atoms with E-state index < -0.39 is 0 Å². The molecule has 0 fully saturated rings. The van der Waals surface area contributed by atoms with E-state index in [9.17, 15) is 0 Å². The zero-order valence-corrected chi connectivity index (χ0v) is 34.8. The molecule has 4 aromatic heterocycles. The monoisotopic (exact) mass is 782 g/mol. The minimum atomic E-state index is 0.907. The van der Waals surface area contributed by atoms with E-state index in [-0.39, 0.29) is 0 Å². The third kappa shape index (κ3) is 4.70. The number of benzene rings is 8. The molecule has 0 N–H and O–H groups in total. The van der Waals surface area contributed by atoms with E-state index in [1.54, 1.807) is 22.7 Å². The second kappa shape index (κ2) is 12.2. The highest BCUT2D eigenvalue weighted by molar-refractivity contribution is 7.13. The zero-order chi connectivity index (χ0) is 39.1. The molecule has 278 valence electrons. The Hall–Kier alpha value is -6.20. The minimum Gasteiger partial charge on any atom is -0.455 e. The number of thiophene rings is 2. The highest BCUT2D eigenvalue weighted by atomic mass is 32.1. The van der Waals surface area contributed by atoms with Crippen molar-refractivity contribution >= 4 is 98.9 Å². The summed E-state index contributed by atoms with van der Waals surface area (Å²) >= 11 is 3.52. The minimum absolute atomic E-state index is 0.907. The van der Waals surface area contributed by atoms with Crippen molar-refractivity contribution in [1.82, 2.24) is 0 Å². The number of hydrogen-bond donors (Lipinski definition) is 0. The summed E-state index contributed by atoms with van der Waals surface area (Å²) in [4.78, 5) is 2.48. The topological polar surface area (TPSA) is 26.3 Å². The van der Waals surface area contributed by atoms with Gasteiger partial charge in [0, 0.05) is 58.4 Å². The molecule has 0 saturated heterocycles. The van der Waals surface area contributed by atoms with E-state index in [2.05, 4.69) is 161 Å². The molecule has 0 saturated carbocycles. The summed E-state index contributed by atoms with van der Waals surface area (Å²) < 4.78 is 14.2. The van der Waals surface area contributed by atoms with E-state index in [1.807, 2.05) is 0 Å². The first-order chi connectivity index (χ1) is 28.2. The molecule has 0 unspecified atom stereocenters. The summed E-state index contributed by atoms with van der Waals surface area (Å²) in [5.41, 5.74) is 18.7. The number of aryl methyl sites for hydroxylation is 6. The third-order valence-corrected chi connectivity index (χ3v) is 14.4. The van der Waals surface area contributed by atoms with Crippen LogP contribution in [0, 0.1) is 41.5 Å². The van der Waals surface area contributed by atoms with Crippen molar-refractivity contribution in [2.45, 2.75) is 41.5 Å². The Morgan fingerprint density at radius 3 is 1.53 bits per heavy atom. The summed E-state index contributed by atoms with van der Waals surface area (Å²) in [7, 11) is 0. The highest BCUT2D eigenvalue weighted by Crippen LogP contribution is 2.53. The lowest BCUT2D eigenvalue weighted by molar-refractivity contribution is 0.672. The van der Waals surface area contributed by atoms with Crippen molar-refractivity contribution < 1.29 is 8.83 Å². The largest absolute Gasteiger partial charge is 0.455 e. The van der Waals surface area contributed by atoms with Gasteiger partial charge in [0.05, 0.1) is 0 Å². The van der Waals surface area contributed by atoms with Crippen LogP contribution < -0.4 is 0 Å². The molecular formula is C54H38O2S2. The maximum absolute atomic E-state index is 7.25. The van der Waals surface area contributed by atoms with E-state index in [0.717, 1.165) is 49.3 Å². The first kappa shape index (κ1) is 33.9. The molecular weight excluding hydrogens is 745 g/mol. The molecule has 0 spiro atoms. The van der Waals surface area contributed by atoms with Gasteiger partial charge in [0.1, 0.15) is 22.3 Å². The second-order valence-corrected chi connectivity index (χ2v) is 18.3. The lowest BCUT2D eigenvalue weighted by Gasteiger charge is -2.22. The lowest BCUT2D eigenvalue weighted by atomic mass is 9.81. The molecule has 0 radical (unpaired) electrons. The molecule has 0 amide bonds. The molecule has 12 aromatic rings. The fourth-order valence-electron chi connectivity index (χ4n) is 10.4. The smallest absolute Gasteiger partial charge is 0.143 e. The number of rotatable bonds is 4. The van der Waals surface area contributed by atoms with Crippen molar-refractivity contribution in [1.29, 1.82) is 0 Å². The second-order valence-electron chi connectivity index (χ2n) is 16.4. The fraction of sp³-hybridized carbons (Fsp3) is 0.111. The van der Waals surface area contributed by atoms with Gasteiger partial charge in [0.15, 0.2) is 0 Å². The average Bonchev–Trinajstić information content (AvgIpc) is 4.03. The van der Waals surface area contributed by atoms with Crippen LogP contribution in [0.5, 0.6) is 0 Å². The Labute approximate surface area is 343 Å². The molecule has 58 heavy (non-hydrogen) atoms. The average molecular weight is 783 g/mol. The van der Waals surface area contributed by atoms with E-state index >= 15 is 0 Å². The van der Waals surface area contributed by atoms with Gasteiger partial charge < -0.3 is 8.83 Å². The van der Waals surface area contributed by atoms with Crippen molar-refractivity contribution in [2.24, 2.45) is 0 Å². The van der Waals surface area contributed by atoms with Crippen LogP contribution in [0.3, 0.4) is 0 Å². The van der Waals surface area contributed by atoms with Crippen LogP contribution in [-0.4, -0.2) is 0 Å². The van der Waals surface area contributed by atoms with Gasteiger partial charge in [-0.2, -0.15) is 0 Å². The molecule has 0 atom stereocenters. The van der Waals surface area contributed by atoms with Gasteiger partial charge in [-0.3, -0.25) is 0 Å². The number of furan rings is 2. The Morgan fingerprint density at radius 1 is 0.379 bits per heavy atom. The quantitative estimate of drug-likeness (QED) is 0.166. The van der Waals surface area contributed by atoms with Crippen LogP contribution in [0.2, 0.25) is 0 Å². The van der Waals surface area contributed by atoms with Gasteiger partial charge in [0.2, 0.25) is 0 Å². The van der Waals surface area contributed by atoms with Gasteiger partial charge in [-0.25, -0.2) is 0 Å². The van der Waals surface area contributed by atoms with Gasteiger partial charge in [-0.1, -0.05) is 65.7 Å². The first-order valence-corrected chi connectivity index (χ1v) is 21.7. The van der Waals surface area contributed by atoms with Gasteiger partial charge in [-0.15, -0.1) is 22.7 Å². The van der Waals surface area contributed by atoms with E-state index in [0.29, 0.717) is 0 Å². The van der Waals surface area contributed by atoms with Gasteiger partial charge >= 0.3 is 0 Å². The summed E-state index contributed by atoms with van der Waals surface area (Å²) in [6.45, 7) is 13.4. The van der Waals surface area contributed by atoms with Crippen LogP contribution in [0.4, 0.5) is 0 Å². The summed E-state index contributed by atoms with van der Waals surface area (Å²) in [6.07, 6.45) is 0. The maximum Gasteiger partial charge on any atom is 0.143 e. The lowest BCUT2D eigenvalue weighted by Crippen LogP contribution is -1.97. The summed E-state index contributed by atoms with van der Waals surface area (Å²) in [5, 5.41) is 16.0. The van der Waals surface area contributed by atoms with Gasteiger partial charge in [0.25, 0.3) is 0 Å². The molecule has 2 nitrogen and oxygen atoms in total. The standard InChI is InChI=1S/C54H38O2S2/c1-27-19-29(3)47(30(4)20-27)39-26-42-49-37(15-16-38-50(49)40(39)25-41-35-13-11-33(45-9-7-17-57-45)23-43(35)55-53(38)41)51(48-31(5)21-28(2)22-32(48)6)52-36-14-12-34(46-10-8-18-58-46)24-44(36)56-54(42)52/h7-26H,1-6H3. The fourth-order valence-corrected chi connectivity index (χ4v) is 11.9. The van der Waals surface area contributed by atoms with E-state index in [4.69, 9.17) is 8.83 Å². The molecule has 4 heteroatoms. The number of fused-ring (bicyclic) bond motifs is 8. The van der Waals surface area contributed by atoms with Crippen LogP contribution in [0.15, 0.2) is 129 Å². The summed E-state index contributed by atoms with van der Waals surface area (Å²) in [5.74, 6) is 0. The van der Waals surface area contributed by atoms with E-state index in [1.165, 1.54) is 103 Å². The molecule has 0 aliphatic carbocycles. The summed E-state index contributed by atoms with van der Waals surface area (Å²) in [6, 6.07) is 40.9. The number of hydrogen-bond acceptors (Lipinski definition) is 4. The molecule has 12 rings (SSSR count). The Balaban J connectivity index is 1.31. The predicted molar refractivity (Wildman–Crippen MR) is 251 cm³/mol. The normalized spacial score (nSPS) is 12.3. The third-order valence-electron chi connectivity index (χ3n) is 12.5. The maximum atomic E-state index is 7.25. The first-order valence-electron chi connectivity index (χ1n) is 20.0. The van der Waals surface area contributed by atoms with Crippen molar-refractivity contribution in [2.75, 3.05) is 0 Å². The highest BCUT2D eigenvalue weighted by Gasteiger charge is 2.27. The van der Waals surface area contributed by atoms with Crippen LogP contribution >= 0.6 is 22.7 Å². The Bertz CT molecular complexity index is 3610. The van der Waals surface area contributed by atoms with Crippen LogP contribution in [0.1, 0.15) is 33.4 Å². The van der Waals surface area contributed by atoms with Crippen molar-refractivity contribution in [3.05, 3.63) is 153 Å². The van der Waals surface area contributed by atoms with Crippen LogP contribution in [0.25, 0.3) is 119 Å². The van der Waals surface area contributed by atoms with Crippen LogP contribution in [-0.2, 0) is 0 Å². The van der Waals surface area contributed by atoms with Crippen molar-refractivity contribution in [3.63, 3.8) is 0 Å². The van der Waals surface area contributed by atoms with Gasteiger partial charge in [-0.05, 0) is 168 Å². The zero-order valence-electron chi connectivity index (χ0n) is 33.2. The molecule has 4 heterocycles. The molecule has 0 aliphatic heterocycles. The SMILES string of the molecule is Cc1cc(C)c(-c2cc3c4oc5cc(-c6cccs6)ccc5c4c(-c4c(C)cc(C)cc4C)c4ccc5c6oc7cc(-c8cccs8)ccc7c6cc2c5c43)c(C)c1. The van der Waals surface area contributed by atoms with Crippen molar-refractivity contribution in [3.8, 4) is 43.1 Å². The molecule has 0 aliphatic rings.